The molecule has 24 heavy (non-hydrogen) atoms. The van der Waals surface area contributed by atoms with E-state index in [1.165, 1.54) is 0 Å². The van der Waals surface area contributed by atoms with Crippen LogP contribution in [0.2, 0.25) is 0 Å². The molecule has 0 spiro atoms. The Kier molecular flexibility index (Phi) is 4.38. The highest BCUT2D eigenvalue weighted by Crippen LogP contribution is 2.36. The van der Waals surface area contributed by atoms with Crippen LogP contribution >= 0.6 is 0 Å². The van der Waals surface area contributed by atoms with E-state index < -0.39 is 6.10 Å². The topological polar surface area (TPSA) is 51.2 Å². The maximum Gasteiger partial charge on any atom is 0.231 e. The van der Waals surface area contributed by atoms with Crippen LogP contribution in [0.4, 0.5) is 0 Å². The van der Waals surface area contributed by atoms with Gasteiger partial charge >= 0.3 is 0 Å². The number of aliphatic hydroxyl groups excluding tert-OH is 1. The summed E-state index contributed by atoms with van der Waals surface area (Å²) < 4.78 is 16.1. The van der Waals surface area contributed by atoms with Crippen LogP contribution in [0.15, 0.2) is 42.5 Å². The van der Waals surface area contributed by atoms with Crippen LogP contribution in [0, 0.1) is 0 Å². The van der Waals surface area contributed by atoms with Gasteiger partial charge < -0.3 is 19.3 Å². The summed E-state index contributed by atoms with van der Waals surface area (Å²) in [6, 6.07) is 14.0. The van der Waals surface area contributed by atoms with Gasteiger partial charge in [-0.15, -0.1) is 0 Å². The molecular weight excluding hydrogens is 306 g/mol. The normalized spacial score (nSPS) is 18.5. The van der Waals surface area contributed by atoms with Gasteiger partial charge in [0.2, 0.25) is 6.79 Å². The Balaban J connectivity index is 1.46. The Bertz CT molecular complexity index is 695. The van der Waals surface area contributed by atoms with Crippen molar-refractivity contribution in [3.05, 3.63) is 48.0 Å². The van der Waals surface area contributed by atoms with E-state index >= 15 is 0 Å². The molecule has 0 radical (unpaired) electrons. The third-order valence-electron chi connectivity index (χ3n) is 4.54. The van der Waals surface area contributed by atoms with Crippen molar-refractivity contribution < 1.29 is 19.3 Å². The number of ether oxygens (including phenoxy) is 3. The van der Waals surface area contributed by atoms with Gasteiger partial charge in [0.1, 0.15) is 0 Å². The number of rotatable bonds is 4. The zero-order chi connectivity index (χ0) is 16.4. The van der Waals surface area contributed by atoms with Gasteiger partial charge in [0.15, 0.2) is 11.5 Å². The van der Waals surface area contributed by atoms with Crippen LogP contribution in [0.3, 0.4) is 0 Å². The summed E-state index contributed by atoms with van der Waals surface area (Å²) in [5.74, 6) is 1.57. The summed E-state index contributed by atoms with van der Waals surface area (Å²) >= 11 is 0. The second-order valence-electron chi connectivity index (χ2n) is 6.12. The third-order valence-corrected chi connectivity index (χ3v) is 4.54. The second-order valence-corrected chi connectivity index (χ2v) is 6.12. The lowest BCUT2D eigenvalue weighted by Gasteiger charge is -2.28. The molecule has 0 aromatic heterocycles. The summed E-state index contributed by atoms with van der Waals surface area (Å²) in [6.07, 6.45) is -0.478. The number of β-amino-alcohol motifs (C(OH)–C–C–N with tert-alkyl or cyclic N) is 1. The second kappa shape index (κ2) is 6.81. The molecule has 1 N–H and O–H groups in total. The lowest BCUT2D eigenvalue weighted by atomic mass is 10.0. The van der Waals surface area contributed by atoms with E-state index in [1.807, 2.05) is 42.5 Å². The number of aliphatic hydroxyl groups is 1. The average Bonchev–Trinajstić information content (AvgIpc) is 3.10. The smallest absolute Gasteiger partial charge is 0.231 e. The van der Waals surface area contributed by atoms with E-state index in [0.717, 1.165) is 54.5 Å². The fourth-order valence-corrected chi connectivity index (χ4v) is 3.11. The monoisotopic (exact) mass is 327 g/mol. The van der Waals surface area contributed by atoms with E-state index in [1.54, 1.807) is 0 Å². The molecule has 2 aliphatic rings. The van der Waals surface area contributed by atoms with Gasteiger partial charge in [-0.2, -0.15) is 0 Å². The molecule has 2 aromatic rings. The molecule has 0 aliphatic carbocycles. The highest BCUT2D eigenvalue weighted by atomic mass is 16.7. The lowest BCUT2D eigenvalue weighted by molar-refractivity contribution is 0.0143. The first-order valence-electron chi connectivity index (χ1n) is 8.28. The fraction of sp³-hybridized carbons (Fsp3) is 0.368. The van der Waals surface area contributed by atoms with E-state index in [4.69, 9.17) is 14.2 Å². The lowest BCUT2D eigenvalue weighted by Crippen LogP contribution is -2.38. The molecule has 5 nitrogen and oxygen atoms in total. The highest BCUT2D eigenvalue weighted by molar-refractivity contribution is 5.67. The maximum absolute atomic E-state index is 10.4. The Morgan fingerprint density at radius 2 is 1.62 bits per heavy atom. The molecule has 2 heterocycles. The Labute approximate surface area is 141 Å². The molecule has 2 aromatic carbocycles. The first-order chi connectivity index (χ1) is 11.8. The Morgan fingerprint density at radius 3 is 2.42 bits per heavy atom. The third kappa shape index (κ3) is 3.24. The average molecular weight is 327 g/mol. The standard InChI is InChI=1S/C19H21NO4/c21-17(12-20-7-9-22-10-8-20)15-3-1-14(2-4-15)16-5-6-18-19(11-16)24-13-23-18/h1-6,11,17,21H,7-10,12-13H2. The van der Waals surface area contributed by atoms with Gasteiger partial charge in [-0.3, -0.25) is 4.90 Å². The number of nitrogens with zero attached hydrogens (tertiary/aromatic N) is 1. The minimum atomic E-state index is -0.478. The van der Waals surface area contributed by atoms with E-state index in [9.17, 15) is 5.11 Å². The van der Waals surface area contributed by atoms with Gasteiger partial charge in [0.25, 0.3) is 0 Å². The van der Waals surface area contributed by atoms with Crippen LogP contribution in [-0.4, -0.2) is 49.6 Å². The first-order valence-corrected chi connectivity index (χ1v) is 8.28. The van der Waals surface area contributed by atoms with Crippen molar-refractivity contribution in [2.75, 3.05) is 39.6 Å². The van der Waals surface area contributed by atoms with Crippen molar-refractivity contribution in [1.29, 1.82) is 0 Å². The van der Waals surface area contributed by atoms with Crippen LogP contribution in [-0.2, 0) is 4.74 Å². The van der Waals surface area contributed by atoms with Crippen LogP contribution in [0.1, 0.15) is 11.7 Å². The zero-order valence-corrected chi connectivity index (χ0v) is 13.5. The molecule has 4 rings (SSSR count). The van der Waals surface area contributed by atoms with Crippen molar-refractivity contribution in [3.8, 4) is 22.6 Å². The molecule has 0 bridgehead atoms. The van der Waals surface area contributed by atoms with Crippen molar-refractivity contribution in [3.63, 3.8) is 0 Å². The van der Waals surface area contributed by atoms with Crippen LogP contribution in [0.25, 0.3) is 11.1 Å². The molecule has 1 saturated heterocycles. The molecular formula is C19H21NO4. The van der Waals surface area contributed by atoms with Gasteiger partial charge in [0.05, 0.1) is 19.3 Å². The van der Waals surface area contributed by atoms with Crippen molar-refractivity contribution >= 4 is 0 Å². The summed E-state index contributed by atoms with van der Waals surface area (Å²) in [6.45, 7) is 4.18. The summed E-state index contributed by atoms with van der Waals surface area (Å²) in [4.78, 5) is 2.24. The van der Waals surface area contributed by atoms with Crippen LogP contribution in [0.5, 0.6) is 11.5 Å². The van der Waals surface area contributed by atoms with E-state index in [-0.39, 0.29) is 6.79 Å². The van der Waals surface area contributed by atoms with Crippen LogP contribution < -0.4 is 9.47 Å². The predicted molar refractivity (Wildman–Crippen MR) is 90.2 cm³/mol. The number of benzene rings is 2. The molecule has 1 unspecified atom stereocenters. The fourth-order valence-electron chi connectivity index (χ4n) is 3.11. The summed E-state index contributed by atoms with van der Waals surface area (Å²) in [7, 11) is 0. The largest absolute Gasteiger partial charge is 0.454 e. The van der Waals surface area contributed by atoms with Crippen molar-refractivity contribution in [2.45, 2.75) is 6.10 Å². The number of hydrogen-bond acceptors (Lipinski definition) is 5. The zero-order valence-electron chi connectivity index (χ0n) is 13.5. The van der Waals surface area contributed by atoms with Crippen molar-refractivity contribution in [1.82, 2.24) is 4.90 Å². The minimum Gasteiger partial charge on any atom is -0.454 e. The quantitative estimate of drug-likeness (QED) is 0.935. The molecule has 5 heteroatoms. The summed E-state index contributed by atoms with van der Waals surface area (Å²) in [5.41, 5.74) is 3.11. The molecule has 1 atom stereocenters. The molecule has 0 amide bonds. The number of hydrogen-bond donors (Lipinski definition) is 1. The maximum atomic E-state index is 10.4. The molecule has 126 valence electrons. The Morgan fingerprint density at radius 1 is 0.917 bits per heavy atom. The highest BCUT2D eigenvalue weighted by Gasteiger charge is 2.17. The van der Waals surface area contributed by atoms with E-state index in [2.05, 4.69) is 4.90 Å². The molecule has 1 fully saturated rings. The SMILES string of the molecule is OC(CN1CCOCC1)c1ccc(-c2ccc3c(c2)OCO3)cc1. The van der Waals surface area contributed by atoms with Gasteiger partial charge in [-0.1, -0.05) is 30.3 Å². The minimum absolute atomic E-state index is 0.283. The van der Waals surface area contributed by atoms with Gasteiger partial charge in [-0.05, 0) is 28.8 Å². The van der Waals surface area contributed by atoms with Gasteiger partial charge in [0, 0.05) is 19.6 Å². The summed E-state index contributed by atoms with van der Waals surface area (Å²) in [5, 5.41) is 10.4. The number of morpholine rings is 1. The Hall–Kier alpha value is -2.08. The number of fused-ring (bicyclic) bond motifs is 1. The predicted octanol–water partition coefficient (Wildman–Crippen LogP) is 2.45. The van der Waals surface area contributed by atoms with E-state index in [0.29, 0.717) is 6.54 Å². The van der Waals surface area contributed by atoms with Crippen molar-refractivity contribution in [2.24, 2.45) is 0 Å². The van der Waals surface area contributed by atoms with Gasteiger partial charge in [-0.25, -0.2) is 0 Å². The molecule has 2 aliphatic heterocycles. The first kappa shape index (κ1) is 15.4. The molecule has 0 saturated carbocycles.